The van der Waals surface area contributed by atoms with E-state index in [0.29, 0.717) is 13.2 Å². The van der Waals surface area contributed by atoms with Gasteiger partial charge in [0.2, 0.25) is 5.91 Å². The summed E-state index contributed by atoms with van der Waals surface area (Å²) in [7, 11) is 1.58. The lowest BCUT2D eigenvalue weighted by Gasteiger charge is -2.38. The number of hydrogen-bond donors (Lipinski definition) is 0. The number of allylic oxidation sites excluding steroid dienone is 2. The zero-order valence-electron chi connectivity index (χ0n) is 11.6. The second-order valence-corrected chi connectivity index (χ2v) is 4.51. The maximum atomic E-state index is 12.3. The van der Waals surface area contributed by atoms with Crippen LogP contribution in [0.5, 0.6) is 0 Å². The van der Waals surface area contributed by atoms with Gasteiger partial charge in [-0.25, -0.2) is 0 Å². The molecule has 0 bridgehead atoms. The van der Waals surface area contributed by atoms with Crippen LogP contribution in [0.1, 0.15) is 11.6 Å². The minimum Gasteiger partial charge on any atom is -0.354 e. The molecule has 4 heteroatoms. The van der Waals surface area contributed by atoms with E-state index in [0.717, 1.165) is 5.56 Å². The van der Waals surface area contributed by atoms with Crippen molar-refractivity contribution in [1.29, 1.82) is 0 Å². The summed E-state index contributed by atoms with van der Waals surface area (Å²) < 4.78 is 10.8. The van der Waals surface area contributed by atoms with Crippen LogP contribution in [0.4, 0.5) is 0 Å². The van der Waals surface area contributed by atoms with Gasteiger partial charge in [0.25, 0.3) is 0 Å². The van der Waals surface area contributed by atoms with E-state index in [4.69, 9.17) is 9.47 Å². The Bertz CT molecular complexity index is 484. The molecule has 2 atom stereocenters. The maximum Gasteiger partial charge on any atom is 0.247 e. The molecule has 0 N–H and O–H groups in total. The highest BCUT2D eigenvalue weighted by atomic mass is 16.7. The molecule has 1 saturated heterocycles. The van der Waals surface area contributed by atoms with Gasteiger partial charge in [0, 0.05) is 13.2 Å². The molecule has 106 valence electrons. The summed E-state index contributed by atoms with van der Waals surface area (Å²) in [5.41, 5.74) is 1.06. The molecular formula is C16H19NO3. The number of carbonyl (C=O) groups excluding carboxylic acids is 1. The van der Waals surface area contributed by atoms with Gasteiger partial charge in [0.1, 0.15) is 0 Å². The molecule has 0 aromatic heterocycles. The van der Waals surface area contributed by atoms with Crippen molar-refractivity contribution >= 4 is 5.91 Å². The fourth-order valence-corrected chi connectivity index (χ4v) is 2.21. The number of ether oxygens (including phenoxy) is 2. The summed E-state index contributed by atoms with van der Waals surface area (Å²) in [6.45, 7) is 4.42. The van der Waals surface area contributed by atoms with Crippen molar-refractivity contribution in [1.82, 2.24) is 4.90 Å². The van der Waals surface area contributed by atoms with Crippen LogP contribution in [-0.2, 0) is 14.3 Å². The number of rotatable bonds is 4. The average Bonchev–Trinajstić information content (AvgIpc) is 2.52. The Morgan fingerprint density at radius 2 is 2.20 bits per heavy atom. The zero-order chi connectivity index (χ0) is 14.4. The summed E-state index contributed by atoms with van der Waals surface area (Å²) in [6, 6.07) is 9.77. The van der Waals surface area contributed by atoms with Gasteiger partial charge >= 0.3 is 0 Å². The summed E-state index contributed by atoms with van der Waals surface area (Å²) in [6.07, 6.45) is 4.36. The van der Waals surface area contributed by atoms with Crippen molar-refractivity contribution in [2.75, 3.05) is 20.3 Å². The minimum atomic E-state index is -0.379. The fraction of sp³-hybridized carbons (Fsp3) is 0.312. The largest absolute Gasteiger partial charge is 0.354 e. The van der Waals surface area contributed by atoms with Gasteiger partial charge in [-0.1, -0.05) is 49.1 Å². The van der Waals surface area contributed by atoms with Crippen LogP contribution in [0.25, 0.3) is 0 Å². The summed E-state index contributed by atoms with van der Waals surface area (Å²) in [4.78, 5) is 14.1. The molecule has 0 radical (unpaired) electrons. The number of methoxy groups -OCH3 is 1. The Hall–Kier alpha value is -1.91. The molecule has 2 rings (SSSR count). The molecule has 1 fully saturated rings. The fourth-order valence-electron chi connectivity index (χ4n) is 2.21. The highest BCUT2D eigenvalue weighted by Crippen LogP contribution is 2.26. The van der Waals surface area contributed by atoms with Crippen molar-refractivity contribution in [3.05, 3.63) is 60.7 Å². The van der Waals surface area contributed by atoms with Gasteiger partial charge in [-0.2, -0.15) is 0 Å². The number of amides is 1. The number of carbonyl (C=O) groups is 1. The molecule has 1 heterocycles. The van der Waals surface area contributed by atoms with Crippen molar-refractivity contribution in [2.24, 2.45) is 0 Å². The Labute approximate surface area is 119 Å². The Morgan fingerprint density at radius 3 is 2.85 bits per heavy atom. The van der Waals surface area contributed by atoms with Crippen LogP contribution < -0.4 is 0 Å². The van der Waals surface area contributed by atoms with E-state index < -0.39 is 0 Å². The first-order valence-corrected chi connectivity index (χ1v) is 6.55. The highest BCUT2D eigenvalue weighted by Gasteiger charge is 2.32. The average molecular weight is 273 g/mol. The molecule has 1 aliphatic heterocycles. The topological polar surface area (TPSA) is 38.8 Å². The monoisotopic (exact) mass is 273 g/mol. The normalized spacial score (nSPS) is 22.9. The Morgan fingerprint density at radius 1 is 1.45 bits per heavy atom. The standard InChI is InChI=1S/C16H19NO3/c1-3-4-10-15(18)17-11-16(19-2)20-12-14(17)13-8-6-5-7-9-13/h3-10,14,16H,1,11-12H2,2H3. The number of nitrogens with zero attached hydrogens (tertiary/aromatic N) is 1. The zero-order valence-corrected chi connectivity index (χ0v) is 11.6. The van der Waals surface area contributed by atoms with Gasteiger partial charge in [0.05, 0.1) is 19.2 Å². The first kappa shape index (κ1) is 14.5. The molecule has 1 aromatic carbocycles. The molecule has 0 saturated carbocycles. The van der Waals surface area contributed by atoms with Crippen molar-refractivity contribution in [3.63, 3.8) is 0 Å². The van der Waals surface area contributed by atoms with E-state index in [2.05, 4.69) is 6.58 Å². The third-order valence-electron chi connectivity index (χ3n) is 3.27. The maximum absolute atomic E-state index is 12.3. The molecule has 4 nitrogen and oxygen atoms in total. The van der Waals surface area contributed by atoms with Gasteiger partial charge < -0.3 is 14.4 Å². The molecule has 2 unspecified atom stereocenters. The van der Waals surface area contributed by atoms with Gasteiger partial charge in [-0.3, -0.25) is 4.79 Å². The highest BCUT2D eigenvalue weighted by molar-refractivity contribution is 5.88. The second-order valence-electron chi connectivity index (χ2n) is 4.51. The lowest BCUT2D eigenvalue weighted by molar-refractivity contribution is -0.187. The lowest BCUT2D eigenvalue weighted by Crippen LogP contribution is -2.47. The second kappa shape index (κ2) is 7.03. The van der Waals surface area contributed by atoms with Crippen molar-refractivity contribution < 1.29 is 14.3 Å². The Kier molecular flexibility index (Phi) is 5.09. The lowest BCUT2D eigenvalue weighted by atomic mass is 10.0. The van der Waals surface area contributed by atoms with E-state index in [1.54, 1.807) is 24.2 Å². The molecule has 0 spiro atoms. The van der Waals surface area contributed by atoms with Gasteiger partial charge in [-0.15, -0.1) is 0 Å². The van der Waals surface area contributed by atoms with Crippen LogP contribution in [0.15, 0.2) is 55.1 Å². The number of morpholine rings is 1. The molecular weight excluding hydrogens is 254 g/mol. The van der Waals surface area contributed by atoms with Crippen LogP contribution in [-0.4, -0.2) is 37.4 Å². The summed E-state index contributed by atoms with van der Waals surface area (Å²) in [5.74, 6) is -0.0656. The third-order valence-corrected chi connectivity index (χ3v) is 3.27. The smallest absolute Gasteiger partial charge is 0.247 e. The SMILES string of the molecule is C=CC=CC(=O)N1CC(OC)OCC1c1ccccc1. The predicted molar refractivity (Wildman–Crippen MR) is 77.0 cm³/mol. The third kappa shape index (κ3) is 3.35. The molecule has 1 aliphatic rings. The molecule has 1 aromatic rings. The first-order valence-electron chi connectivity index (χ1n) is 6.55. The van der Waals surface area contributed by atoms with Crippen LogP contribution in [0, 0.1) is 0 Å². The van der Waals surface area contributed by atoms with E-state index in [9.17, 15) is 4.79 Å². The molecule has 20 heavy (non-hydrogen) atoms. The van der Waals surface area contributed by atoms with Crippen LogP contribution in [0.3, 0.4) is 0 Å². The van der Waals surface area contributed by atoms with Gasteiger partial charge in [0.15, 0.2) is 6.29 Å². The van der Waals surface area contributed by atoms with Crippen LogP contribution >= 0.6 is 0 Å². The predicted octanol–water partition coefficient (Wildman–Crippen LogP) is 2.30. The first-order chi connectivity index (χ1) is 9.76. The summed E-state index contributed by atoms with van der Waals surface area (Å²) in [5, 5.41) is 0. The van der Waals surface area contributed by atoms with E-state index in [1.165, 1.54) is 6.08 Å². The number of benzene rings is 1. The van der Waals surface area contributed by atoms with E-state index in [1.807, 2.05) is 30.3 Å². The van der Waals surface area contributed by atoms with E-state index in [-0.39, 0.29) is 18.2 Å². The minimum absolute atomic E-state index is 0.0656. The van der Waals surface area contributed by atoms with Crippen molar-refractivity contribution in [3.8, 4) is 0 Å². The Balaban J connectivity index is 2.22. The molecule has 1 amide bonds. The number of hydrogen-bond acceptors (Lipinski definition) is 3. The van der Waals surface area contributed by atoms with Crippen LogP contribution in [0.2, 0.25) is 0 Å². The van der Waals surface area contributed by atoms with Crippen molar-refractivity contribution in [2.45, 2.75) is 12.3 Å². The summed E-state index contributed by atoms with van der Waals surface area (Å²) >= 11 is 0. The van der Waals surface area contributed by atoms with Gasteiger partial charge in [-0.05, 0) is 5.56 Å². The molecule has 0 aliphatic carbocycles. The quantitative estimate of drug-likeness (QED) is 0.624. The van der Waals surface area contributed by atoms with E-state index >= 15 is 0 Å².